The molecule has 0 radical (unpaired) electrons. The van der Waals surface area contributed by atoms with E-state index in [-0.39, 0.29) is 0 Å². The molecular formula is C49H29N3O2. The third-order valence-corrected chi connectivity index (χ3v) is 10.3. The minimum absolute atomic E-state index is 0.575. The van der Waals surface area contributed by atoms with Crippen molar-refractivity contribution >= 4 is 54.6 Å². The van der Waals surface area contributed by atoms with E-state index in [0.29, 0.717) is 17.5 Å². The summed E-state index contributed by atoms with van der Waals surface area (Å²) in [6.45, 7) is 0. The predicted molar refractivity (Wildman–Crippen MR) is 219 cm³/mol. The normalized spacial score (nSPS) is 11.7. The summed E-state index contributed by atoms with van der Waals surface area (Å²) < 4.78 is 12.8. The van der Waals surface area contributed by atoms with Gasteiger partial charge in [-0.2, -0.15) is 0 Å². The monoisotopic (exact) mass is 691 g/mol. The summed E-state index contributed by atoms with van der Waals surface area (Å²) in [5, 5.41) is 6.33. The van der Waals surface area contributed by atoms with E-state index in [2.05, 4.69) is 127 Å². The molecule has 3 aromatic heterocycles. The second-order valence-corrected chi connectivity index (χ2v) is 13.6. The second-order valence-electron chi connectivity index (χ2n) is 13.6. The Bertz CT molecular complexity index is 3210. The molecule has 5 nitrogen and oxygen atoms in total. The lowest BCUT2D eigenvalue weighted by molar-refractivity contribution is 0.669. The van der Waals surface area contributed by atoms with Crippen molar-refractivity contribution in [3.8, 4) is 56.4 Å². The van der Waals surface area contributed by atoms with Crippen LogP contribution in [-0.2, 0) is 0 Å². The fourth-order valence-corrected chi connectivity index (χ4v) is 7.68. The molecule has 11 aromatic rings. The van der Waals surface area contributed by atoms with Crippen LogP contribution in [0.1, 0.15) is 0 Å². The molecular weight excluding hydrogens is 663 g/mol. The molecule has 0 aliphatic carbocycles. The van der Waals surface area contributed by atoms with Crippen LogP contribution in [0, 0.1) is 0 Å². The molecule has 0 bridgehead atoms. The summed E-state index contributed by atoms with van der Waals surface area (Å²) in [4.78, 5) is 15.5. The highest BCUT2D eigenvalue weighted by atomic mass is 16.3. The van der Waals surface area contributed by atoms with Gasteiger partial charge in [0.15, 0.2) is 17.5 Å². The van der Waals surface area contributed by atoms with E-state index in [1.807, 2.05) is 48.5 Å². The Morgan fingerprint density at radius 1 is 0.315 bits per heavy atom. The highest BCUT2D eigenvalue weighted by molar-refractivity contribution is 6.15. The number of hydrogen-bond donors (Lipinski definition) is 0. The second kappa shape index (κ2) is 12.1. The summed E-state index contributed by atoms with van der Waals surface area (Å²) in [7, 11) is 0. The van der Waals surface area contributed by atoms with Crippen LogP contribution in [0.4, 0.5) is 0 Å². The summed E-state index contributed by atoms with van der Waals surface area (Å²) in [5.74, 6) is 1.76. The number of benzene rings is 8. The van der Waals surface area contributed by atoms with Crippen molar-refractivity contribution in [3.63, 3.8) is 0 Å². The van der Waals surface area contributed by atoms with Crippen LogP contribution < -0.4 is 0 Å². The van der Waals surface area contributed by atoms with Gasteiger partial charge in [-0.05, 0) is 63.9 Å². The van der Waals surface area contributed by atoms with Crippen molar-refractivity contribution in [2.24, 2.45) is 0 Å². The summed E-state index contributed by atoms with van der Waals surface area (Å²) in [6.07, 6.45) is 0. The molecule has 252 valence electrons. The third kappa shape index (κ3) is 4.98. The Kier molecular flexibility index (Phi) is 6.79. The molecule has 0 fully saturated rings. The molecule has 11 rings (SSSR count). The zero-order valence-electron chi connectivity index (χ0n) is 28.9. The SMILES string of the molecule is c1ccc(-c2ccc(-c3cccc4c3oc3cccc(-c5nc(-c6ccc7ccccc7c6)nc(-c6ccc7oc8ccccc8c7c6)n5)c34)cc2)cc1. The molecule has 8 aromatic carbocycles. The summed E-state index contributed by atoms with van der Waals surface area (Å²) >= 11 is 0. The van der Waals surface area contributed by atoms with E-state index in [0.717, 1.165) is 82.5 Å². The maximum Gasteiger partial charge on any atom is 0.164 e. The Hall–Kier alpha value is -7.37. The van der Waals surface area contributed by atoms with Gasteiger partial charge in [-0.1, -0.05) is 140 Å². The standard InChI is InChI=1S/C49H29N3O2/c1-2-10-30(11-3-1)32-20-23-33(24-21-32)37-15-8-16-39-45-40(17-9-19-44(45)54-46(37)39)49-51-47(35-25-22-31-12-4-5-13-34(31)28-35)50-48(52-49)36-26-27-43-41(29-36)38-14-6-7-18-42(38)53-43/h1-29H. The number of para-hydroxylation sites is 2. The zero-order chi connectivity index (χ0) is 35.6. The van der Waals surface area contributed by atoms with E-state index in [9.17, 15) is 0 Å². The number of rotatable bonds is 5. The number of aromatic nitrogens is 3. The average molecular weight is 692 g/mol. The first-order valence-corrected chi connectivity index (χ1v) is 18.0. The van der Waals surface area contributed by atoms with Crippen LogP contribution in [0.5, 0.6) is 0 Å². The lowest BCUT2D eigenvalue weighted by Gasteiger charge is -2.10. The van der Waals surface area contributed by atoms with Crippen molar-refractivity contribution in [2.45, 2.75) is 0 Å². The van der Waals surface area contributed by atoms with Gasteiger partial charge in [-0.15, -0.1) is 0 Å². The number of fused-ring (bicyclic) bond motifs is 7. The minimum atomic E-state index is 0.575. The molecule has 0 saturated heterocycles. The van der Waals surface area contributed by atoms with E-state index >= 15 is 0 Å². The van der Waals surface area contributed by atoms with Crippen LogP contribution in [0.15, 0.2) is 185 Å². The summed E-state index contributed by atoms with van der Waals surface area (Å²) in [6, 6.07) is 60.5. The fourth-order valence-electron chi connectivity index (χ4n) is 7.68. The van der Waals surface area contributed by atoms with Crippen molar-refractivity contribution in [2.75, 3.05) is 0 Å². The zero-order valence-corrected chi connectivity index (χ0v) is 28.9. The lowest BCUT2D eigenvalue weighted by atomic mass is 9.98. The van der Waals surface area contributed by atoms with Crippen molar-refractivity contribution in [1.29, 1.82) is 0 Å². The first-order valence-electron chi connectivity index (χ1n) is 18.0. The van der Waals surface area contributed by atoms with Crippen molar-refractivity contribution < 1.29 is 8.83 Å². The molecule has 0 unspecified atom stereocenters. The van der Waals surface area contributed by atoms with Gasteiger partial charge in [0.1, 0.15) is 22.3 Å². The lowest BCUT2D eigenvalue weighted by Crippen LogP contribution is -2.00. The Morgan fingerprint density at radius 2 is 0.907 bits per heavy atom. The van der Waals surface area contributed by atoms with Gasteiger partial charge in [-0.3, -0.25) is 0 Å². The molecule has 0 atom stereocenters. The molecule has 0 aliphatic rings. The fraction of sp³-hybridized carbons (Fsp3) is 0. The van der Waals surface area contributed by atoms with E-state index < -0.39 is 0 Å². The topological polar surface area (TPSA) is 65.0 Å². The Balaban J connectivity index is 1.10. The number of hydrogen-bond acceptors (Lipinski definition) is 5. The molecule has 54 heavy (non-hydrogen) atoms. The quantitative estimate of drug-likeness (QED) is 0.180. The average Bonchev–Trinajstić information content (AvgIpc) is 3.82. The molecule has 0 aliphatic heterocycles. The van der Waals surface area contributed by atoms with Crippen molar-refractivity contribution in [3.05, 3.63) is 176 Å². The molecule has 0 N–H and O–H groups in total. The highest BCUT2D eigenvalue weighted by Crippen LogP contribution is 2.41. The van der Waals surface area contributed by atoms with E-state index in [1.165, 1.54) is 11.1 Å². The highest BCUT2D eigenvalue weighted by Gasteiger charge is 2.20. The maximum atomic E-state index is 6.69. The van der Waals surface area contributed by atoms with Gasteiger partial charge in [0, 0.05) is 43.8 Å². The van der Waals surface area contributed by atoms with E-state index in [1.54, 1.807) is 0 Å². The minimum Gasteiger partial charge on any atom is -0.456 e. The molecule has 0 saturated carbocycles. The first kappa shape index (κ1) is 30.3. The Morgan fingerprint density at radius 3 is 1.78 bits per heavy atom. The van der Waals surface area contributed by atoms with Crippen LogP contribution in [0.25, 0.3) is 111 Å². The van der Waals surface area contributed by atoms with Crippen LogP contribution >= 0.6 is 0 Å². The van der Waals surface area contributed by atoms with Gasteiger partial charge >= 0.3 is 0 Å². The van der Waals surface area contributed by atoms with Crippen molar-refractivity contribution in [1.82, 2.24) is 15.0 Å². The largest absolute Gasteiger partial charge is 0.456 e. The number of furan rings is 2. The van der Waals surface area contributed by atoms with E-state index in [4.69, 9.17) is 23.8 Å². The molecule has 5 heteroatoms. The van der Waals surface area contributed by atoms with Crippen LogP contribution in [0.3, 0.4) is 0 Å². The third-order valence-electron chi connectivity index (χ3n) is 10.3. The molecule has 3 heterocycles. The van der Waals surface area contributed by atoms with Crippen LogP contribution in [0.2, 0.25) is 0 Å². The Labute approximate surface area is 309 Å². The first-order chi connectivity index (χ1) is 26.7. The predicted octanol–water partition coefficient (Wildman–Crippen LogP) is 13.2. The van der Waals surface area contributed by atoms with Gasteiger partial charge in [-0.25, -0.2) is 15.0 Å². The van der Waals surface area contributed by atoms with Gasteiger partial charge in [0.05, 0.1) is 0 Å². The van der Waals surface area contributed by atoms with Crippen LogP contribution in [-0.4, -0.2) is 15.0 Å². The van der Waals surface area contributed by atoms with Gasteiger partial charge in [0.2, 0.25) is 0 Å². The van der Waals surface area contributed by atoms with Gasteiger partial charge in [0.25, 0.3) is 0 Å². The smallest absolute Gasteiger partial charge is 0.164 e. The van der Waals surface area contributed by atoms with Gasteiger partial charge < -0.3 is 8.83 Å². The maximum absolute atomic E-state index is 6.69. The molecule has 0 amide bonds. The number of nitrogens with zero attached hydrogens (tertiary/aromatic N) is 3. The summed E-state index contributed by atoms with van der Waals surface area (Å²) in [5.41, 5.74) is 10.4. The molecule has 0 spiro atoms.